The van der Waals surface area contributed by atoms with Crippen LogP contribution in [0.4, 0.5) is 17.1 Å². The van der Waals surface area contributed by atoms with Gasteiger partial charge in [-0.15, -0.1) is 0 Å². The normalized spacial score (nSPS) is 13.9. The van der Waals surface area contributed by atoms with Crippen LogP contribution in [0.15, 0.2) is 18.2 Å². The van der Waals surface area contributed by atoms with Crippen LogP contribution in [0.25, 0.3) is 0 Å². The lowest BCUT2D eigenvalue weighted by Gasteiger charge is -2.05. The van der Waals surface area contributed by atoms with E-state index >= 15 is 0 Å². The lowest BCUT2D eigenvalue weighted by Crippen LogP contribution is -2.12. The Morgan fingerprint density at radius 2 is 1.38 bits per heavy atom. The molecule has 9 nitrogen and oxygen atoms in total. The maximum Gasteiger partial charge on any atom is 0.296 e. The molecule has 2 aliphatic heterocycles. The predicted octanol–water partition coefficient (Wildman–Crippen LogP) is 3.47. The predicted molar refractivity (Wildman–Crippen MR) is 105 cm³/mol. The topological polar surface area (TPSA) is 135 Å². The summed E-state index contributed by atoms with van der Waals surface area (Å²) in [6, 6.07) is 4.20. The van der Waals surface area contributed by atoms with Gasteiger partial charge in [-0.25, -0.2) is 0 Å². The number of hydrogen-bond donors (Lipinski definition) is 2. The molecule has 0 atom stereocenters. The summed E-state index contributed by atoms with van der Waals surface area (Å²) in [7, 11) is 0. The lowest BCUT2D eigenvalue weighted by atomic mass is 10.1. The molecule has 0 radical (unpaired) electrons. The minimum atomic E-state index is -0.797. The Bertz CT molecular complexity index is 1160. The molecule has 2 amide bonds. The van der Waals surface area contributed by atoms with Crippen LogP contribution < -0.4 is 10.6 Å². The molecule has 29 heavy (non-hydrogen) atoms. The summed E-state index contributed by atoms with van der Waals surface area (Å²) in [5.74, 6) is -2.65. The molecule has 2 N–H and O–H groups in total. The van der Waals surface area contributed by atoms with Gasteiger partial charge in [0, 0.05) is 11.1 Å². The summed E-state index contributed by atoms with van der Waals surface area (Å²) in [5.41, 5.74) is 1.89. The first-order valence-corrected chi connectivity index (χ1v) is 8.78. The molecular formula is C18H11Cl2N3O6. The zero-order valence-corrected chi connectivity index (χ0v) is 16.4. The fourth-order valence-corrected chi connectivity index (χ4v) is 3.25. The highest BCUT2D eigenvalue weighted by Gasteiger charge is 2.34. The van der Waals surface area contributed by atoms with Crippen molar-refractivity contribution in [2.45, 2.75) is 13.8 Å². The van der Waals surface area contributed by atoms with E-state index in [1.54, 1.807) is 19.1 Å². The lowest BCUT2D eigenvalue weighted by molar-refractivity contribution is -0.384. The number of nitro groups is 1. The number of hydrogen-bond acceptors (Lipinski definition) is 6. The van der Waals surface area contributed by atoms with Gasteiger partial charge < -0.3 is 10.6 Å². The van der Waals surface area contributed by atoms with Gasteiger partial charge in [-0.05, 0) is 37.1 Å². The minimum absolute atomic E-state index is 0.00130. The van der Waals surface area contributed by atoms with E-state index in [0.717, 1.165) is 11.6 Å². The Hall–Kier alpha value is -3.30. The second-order valence-corrected chi connectivity index (χ2v) is 6.96. The smallest absolute Gasteiger partial charge is 0.296 e. The van der Waals surface area contributed by atoms with Gasteiger partial charge in [-0.3, -0.25) is 29.3 Å². The fourth-order valence-electron chi connectivity index (χ4n) is 2.87. The number of carbonyl (C=O) groups excluding carboxylic acids is 4. The SMILES string of the molecule is Cc1c(Cl)c([N+](=O)[O-])cc2c1NC(=O)C2=O.Cc1c(Cl)ccc2c1NC(=O)C2=O. The Morgan fingerprint density at radius 1 is 0.862 bits per heavy atom. The summed E-state index contributed by atoms with van der Waals surface area (Å²) < 4.78 is 0. The van der Waals surface area contributed by atoms with Crippen molar-refractivity contribution < 1.29 is 24.1 Å². The molecule has 0 unspecified atom stereocenters. The molecule has 2 aliphatic rings. The number of Topliss-reactive ketones (excluding diaryl/α,β-unsaturated/α-hetero) is 2. The van der Waals surface area contributed by atoms with Crippen LogP contribution in [0.2, 0.25) is 10.0 Å². The van der Waals surface area contributed by atoms with Crippen LogP contribution >= 0.6 is 23.2 Å². The third-order valence-corrected chi connectivity index (χ3v) is 5.34. The number of nitrogens with zero attached hydrogens (tertiary/aromatic N) is 1. The fraction of sp³-hybridized carbons (Fsp3) is 0.111. The van der Waals surface area contributed by atoms with Crippen molar-refractivity contribution in [1.82, 2.24) is 0 Å². The Morgan fingerprint density at radius 3 is 1.93 bits per heavy atom. The van der Waals surface area contributed by atoms with Crippen molar-refractivity contribution in [2.24, 2.45) is 0 Å². The summed E-state index contributed by atoms with van der Waals surface area (Å²) >= 11 is 11.6. The van der Waals surface area contributed by atoms with Gasteiger partial charge in [0.1, 0.15) is 5.02 Å². The molecule has 0 saturated heterocycles. The van der Waals surface area contributed by atoms with Crippen molar-refractivity contribution >= 4 is 63.6 Å². The van der Waals surface area contributed by atoms with Crippen molar-refractivity contribution in [3.63, 3.8) is 0 Å². The van der Waals surface area contributed by atoms with E-state index < -0.39 is 28.3 Å². The average Bonchev–Trinajstić information content (AvgIpc) is 3.12. The maximum atomic E-state index is 11.4. The van der Waals surface area contributed by atoms with E-state index in [0.29, 0.717) is 21.8 Å². The van der Waals surface area contributed by atoms with Crippen LogP contribution in [0.1, 0.15) is 31.8 Å². The number of rotatable bonds is 1. The summed E-state index contributed by atoms with van der Waals surface area (Å²) in [6.45, 7) is 3.27. The molecule has 2 heterocycles. The molecule has 4 rings (SSSR count). The maximum absolute atomic E-state index is 11.4. The minimum Gasteiger partial charge on any atom is -0.318 e. The van der Waals surface area contributed by atoms with Crippen LogP contribution in [-0.4, -0.2) is 28.3 Å². The Labute approximate surface area is 173 Å². The van der Waals surface area contributed by atoms with Crippen molar-refractivity contribution in [2.75, 3.05) is 10.6 Å². The number of fused-ring (bicyclic) bond motifs is 2. The van der Waals surface area contributed by atoms with Gasteiger partial charge in [0.15, 0.2) is 0 Å². The van der Waals surface area contributed by atoms with E-state index in [1.165, 1.54) is 6.92 Å². The number of carbonyl (C=O) groups is 4. The van der Waals surface area contributed by atoms with Gasteiger partial charge in [-0.2, -0.15) is 0 Å². The Kier molecular flexibility index (Phi) is 5.12. The van der Waals surface area contributed by atoms with Gasteiger partial charge in [0.05, 0.1) is 27.4 Å². The number of amides is 2. The standard InChI is InChI=1S/C9H5ClN2O4.C9H6ClNO2/c1-3-6(10)5(12(15)16)2-4-7(3)11-9(14)8(4)13;1-4-6(10)3-2-5-7(4)11-9(13)8(5)12/h2H,1H3,(H,11,13,14);2-3H,1H3,(H,11,12,13). The molecule has 148 valence electrons. The summed E-state index contributed by atoms with van der Waals surface area (Å²) in [4.78, 5) is 54.6. The number of anilines is 2. The quantitative estimate of drug-likeness (QED) is 0.399. The highest BCUT2D eigenvalue weighted by atomic mass is 35.5. The van der Waals surface area contributed by atoms with E-state index in [4.69, 9.17) is 23.2 Å². The Balaban J connectivity index is 0.000000169. The van der Waals surface area contributed by atoms with E-state index in [9.17, 15) is 29.3 Å². The van der Waals surface area contributed by atoms with E-state index in [1.807, 2.05) is 0 Å². The molecule has 0 aliphatic carbocycles. The molecule has 0 fully saturated rings. The van der Waals surface area contributed by atoms with Gasteiger partial charge in [0.25, 0.3) is 29.1 Å². The number of nitrogens with one attached hydrogen (secondary N) is 2. The first-order valence-electron chi connectivity index (χ1n) is 8.02. The van der Waals surface area contributed by atoms with Crippen molar-refractivity contribution in [3.05, 3.63) is 60.6 Å². The first-order chi connectivity index (χ1) is 13.5. The summed E-state index contributed by atoms with van der Waals surface area (Å²) in [6.07, 6.45) is 0. The van der Waals surface area contributed by atoms with Crippen molar-refractivity contribution in [1.29, 1.82) is 0 Å². The highest BCUT2D eigenvalue weighted by molar-refractivity contribution is 6.53. The number of nitro benzene ring substituents is 1. The molecule has 0 aromatic heterocycles. The molecule has 2 aromatic rings. The number of benzene rings is 2. The van der Waals surface area contributed by atoms with Crippen LogP contribution in [-0.2, 0) is 9.59 Å². The second-order valence-electron chi connectivity index (χ2n) is 6.18. The molecule has 11 heteroatoms. The monoisotopic (exact) mass is 435 g/mol. The van der Waals surface area contributed by atoms with Crippen LogP contribution in [0.5, 0.6) is 0 Å². The zero-order chi connectivity index (χ0) is 21.6. The first kappa shape index (κ1) is 20.4. The van der Waals surface area contributed by atoms with Gasteiger partial charge >= 0.3 is 0 Å². The zero-order valence-electron chi connectivity index (χ0n) is 14.9. The third kappa shape index (κ3) is 3.34. The molecule has 0 bridgehead atoms. The van der Waals surface area contributed by atoms with Crippen LogP contribution in [0, 0.1) is 24.0 Å². The average molecular weight is 436 g/mol. The van der Waals surface area contributed by atoms with Crippen LogP contribution in [0.3, 0.4) is 0 Å². The molecule has 0 saturated carbocycles. The van der Waals surface area contributed by atoms with E-state index in [2.05, 4.69) is 10.6 Å². The summed E-state index contributed by atoms with van der Waals surface area (Å²) in [5, 5.41) is 16.0. The van der Waals surface area contributed by atoms with Gasteiger partial charge in [0.2, 0.25) is 0 Å². The van der Waals surface area contributed by atoms with Gasteiger partial charge in [-0.1, -0.05) is 23.2 Å². The highest BCUT2D eigenvalue weighted by Crippen LogP contribution is 2.38. The van der Waals surface area contributed by atoms with E-state index in [-0.39, 0.29) is 22.0 Å². The molecular weight excluding hydrogens is 425 g/mol. The number of ketones is 2. The third-order valence-electron chi connectivity index (χ3n) is 4.45. The number of halogens is 2. The second kappa shape index (κ2) is 7.26. The molecule has 2 aromatic carbocycles. The van der Waals surface area contributed by atoms with Crippen molar-refractivity contribution in [3.8, 4) is 0 Å². The largest absolute Gasteiger partial charge is 0.318 e. The molecule has 0 spiro atoms.